The molecule has 7 nitrogen and oxygen atoms in total. The number of aromatic hydroxyl groups is 1. The monoisotopic (exact) mass is 464 g/mol. The summed E-state index contributed by atoms with van der Waals surface area (Å²) in [6.07, 6.45) is 1.66. The fourth-order valence-corrected chi connectivity index (χ4v) is 4.14. The van der Waals surface area contributed by atoms with Crippen molar-refractivity contribution in [3.63, 3.8) is 0 Å². The van der Waals surface area contributed by atoms with E-state index in [0.29, 0.717) is 33.9 Å². The molecular formula is C28H24N4O3. The lowest BCUT2D eigenvalue weighted by atomic mass is 10.0. The molecule has 0 aliphatic carbocycles. The minimum Gasteiger partial charge on any atom is -0.507 e. The van der Waals surface area contributed by atoms with Crippen LogP contribution in [-0.2, 0) is 0 Å². The normalized spacial score (nSPS) is 10.9. The number of nitrogens with one attached hydrogen (secondary N) is 2. The van der Waals surface area contributed by atoms with Crippen LogP contribution in [0, 0.1) is 13.8 Å². The van der Waals surface area contributed by atoms with Crippen molar-refractivity contribution < 1.29 is 14.6 Å². The molecule has 1 amide bonds. The van der Waals surface area contributed by atoms with Gasteiger partial charge >= 0.3 is 0 Å². The highest BCUT2D eigenvalue weighted by Crippen LogP contribution is 2.35. The third-order valence-electron chi connectivity index (χ3n) is 5.99. The average molecular weight is 465 g/mol. The Morgan fingerprint density at radius 2 is 1.77 bits per heavy atom. The molecule has 0 fully saturated rings. The lowest BCUT2D eigenvalue weighted by Crippen LogP contribution is -2.13. The number of amides is 1. The van der Waals surface area contributed by atoms with E-state index in [1.165, 1.54) is 0 Å². The van der Waals surface area contributed by atoms with Gasteiger partial charge in [-0.3, -0.25) is 4.79 Å². The van der Waals surface area contributed by atoms with Gasteiger partial charge in [-0.25, -0.2) is 9.97 Å². The summed E-state index contributed by atoms with van der Waals surface area (Å²) < 4.78 is 5.38. The summed E-state index contributed by atoms with van der Waals surface area (Å²) in [7, 11) is 1.57. The number of hydrogen-bond acceptors (Lipinski definition) is 5. The Labute approximate surface area is 202 Å². The molecule has 0 radical (unpaired) electrons. The van der Waals surface area contributed by atoms with Crippen LogP contribution in [0.3, 0.4) is 0 Å². The van der Waals surface area contributed by atoms with Crippen LogP contribution in [-0.4, -0.2) is 33.1 Å². The number of carbonyl (C=O) groups is 1. The quantitative estimate of drug-likeness (QED) is 0.302. The first-order valence-corrected chi connectivity index (χ1v) is 11.1. The molecule has 35 heavy (non-hydrogen) atoms. The first kappa shape index (κ1) is 22.2. The molecule has 0 unspecified atom stereocenters. The number of methoxy groups -OCH3 is 1. The van der Waals surface area contributed by atoms with E-state index in [1.807, 2.05) is 50.2 Å². The molecule has 3 N–H and O–H groups in total. The highest BCUT2D eigenvalue weighted by molar-refractivity contribution is 6.06. The number of fused-ring (bicyclic) bond motifs is 1. The van der Waals surface area contributed by atoms with Gasteiger partial charge < -0.3 is 20.1 Å². The van der Waals surface area contributed by atoms with E-state index >= 15 is 0 Å². The number of pyridine rings is 1. The topological polar surface area (TPSA) is 100 Å². The molecule has 5 aromatic rings. The number of imidazole rings is 1. The standard InChI is InChI=1S/C28H24N4O3/c1-16-6-4-7-17(2)25(16)32-27(34)19-9-11-22-23(15-19)31-26(30-22)21-14-18(10-12-24(21)33)20-8-5-13-29-28(20)35-3/h4-15,33H,1-3H3,(H,30,31)(H,32,34). The van der Waals surface area contributed by atoms with Gasteiger partial charge in [-0.2, -0.15) is 0 Å². The van der Waals surface area contributed by atoms with Crippen LogP contribution >= 0.6 is 0 Å². The molecule has 0 saturated carbocycles. The van der Waals surface area contributed by atoms with Crippen LogP contribution in [0.25, 0.3) is 33.5 Å². The molecule has 0 bridgehead atoms. The van der Waals surface area contributed by atoms with E-state index in [1.54, 1.807) is 43.6 Å². The number of ether oxygens (including phenoxy) is 1. The second-order valence-electron chi connectivity index (χ2n) is 8.33. The summed E-state index contributed by atoms with van der Waals surface area (Å²) in [5.74, 6) is 0.875. The zero-order chi connectivity index (χ0) is 24.5. The van der Waals surface area contributed by atoms with E-state index in [4.69, 9.17) is 4.74 Å². The Balaban J connectivity index is 1.49. The molecule has 3 aromatic carbocycles. The van der Waals surface area contributed by atoms with Gasteiger partial charge in [0, 0.05) is 23.0 Å². The van der Waals surface area contributed by atoms with Gasteiger partial charge in [0.05, 0.1) is 23.7 Å². The fraction of sp³-hybridized carbons (Fsp3) is 0.107. The van der Waals surface area contributed by atoms with Crippen LogP contribution in [0.2, 0.25) is 0 Å². The molecule has 5 rings (SSSR count). The van der Waals surface area contributed by atoms with E-state index in [-0.39, 0.29) is 11.7 Å². The Hall–Kier alpha value is -4.65. The van der Waals surface area contributed by atoms with Crippen molar-refractivity contribution in [2.75, 3.05) is 12.4 Å². The summed E-state index contributed by atoms with van der Waals surface area (Å²) in [5, 5.41) is 13.6. The summed E-state index contributed by atoms with van der Waals surface area (Å²) in [5.41, 5.74) is 6.88. The lowest BCUT2D eigenvalue weighted by molar-refractivity contribution is 0.102. The second kappa shape index (κ2) is 8.95. The molecule has 2 aromatic heterocycles. The number of phenols is 1. The Morgan fingerprint density at radius 3 is 2.54 bits per heavy atom. The molecule has 0 saturated heterocycles. The maximum Gasteiger partial charge on any atom is 0.255 e. The third-order valence-corrected chi connectivity index (χ3v) is 5.99. The number of hydrogen-bond donors (Lipinski definition) is 3. The Bertz CT molecular complexity index is 1550. The van der Waals surface area contributed by atoms with Gasteiger partial charge in [0.25, 0.3) is 5.91 Å². The smallest absolute Gasteiger partial charge is 0.255 e. The summed E-state index contributed by atoms with van der Waals surface area (Å²) >= 11 is 0. The highest BCUT2D eigenvalue weighted by Gasteiger charge is 2.16. The number of aryl methyl sites for hydroxylation is 2. The number of phenolic OH excluding ortho intramolecular Hbond substituents is 1. The number of para-hydroxylation sites is 1. The van der Waals surface area contributed by atoms with Crippen LogP contribution in [0.15, 0.2) is 72.9 Å². The van der Waals surface area contributed by atoms with Crippen molar-refractivity contribution in [3.05, 3.63) is 89.6 Å². The number of carbonyl (C=O) groups excluding carboxylic acids is 1. The molecule has 7 heteroatoms. The Kier molecular flexibility index (Phi) is 5.66. The zero-order valence-electron chi connectivity index (χ0n) is 19.6. The molecule has 0 atom stereocenters. The average Bonchev–Trinajstić information content (AvgIpc) is 3.29. The number of nitrogens with zero attached hydrogens (tertiary/aromatic N) is 2. The van der Waals surface area contributed by atoms with Crippen LogP contribution in [0.4, 0.5) is 5.69 Å². The predicted molar refractivity (Wildman–Crippen MR) is 137 cm³/mol. The van der Waals surface area contributed by atoms with Crippen molar-refractivity contribution >= 4 is 22.6 Å². The van der Waals surface area contributed by atoms with E-state index in [9.17, 15) is 9.90 Å². The molecule has 0 aliphatic heterocycles. The van der Waals surface area contributed by atoms with Gasteiger partial charge in [0.2, 0.25) is 5.88 Å². The molecule has 0 aliphatic rings. The lowest BCUT2D eigenvalue weighted by Gasteiger charge is -2.11. The number of H-pyrrole nitrogens is 1. The summed E-state index contributed by atoms with van der Waals surface area (Å²) in [6, 6.07) is 20.2. The predicted octanol–water partition coefficient (Wildman–Crippen LogP) is 5.88. The van der Waals surface area contributed by atoms with Gasteiger partial charge in [-0.1, -0.05) is 24.3 Å². The maximum atomic E-state index is 13.0. The van der Waals surface area contributed by atoms with Crippen LogP contribution < -0.4 is 10.1 Å². The summed E-state index contributed by atoms with van der Waals surface area (Å²) in [4.78, 5) is 25.1. The van der Waals surface area contributed by atoms with E-state index in [2.05, 4.69) is 20.3 Å². The summed E-state index contributed by atoms with van der Waals surface area (Å²) in [6.45, 7) is 3.93. The van der Waals surface area contributed by atoms with E-state index in [0.717, 1.165) is 27.9 Å². The number of benzene rings is 3. The van der Waals surface area contributed by atoms with Crippen LogP contribution in [0.1, 0.15) is 21.5 Å². The molecule has 2 heterocycles. The van der Waals surface area contributed by atoms with Gasteiger partial charge in [0.15, 0.2) is 0 Å². The second-order valence-corrected chi connectivity index (χ2v) is 8.33. The molecule has 0 spiro atoms. The molecule has 174 valence electrons. The minimum atomic E-state index is -0.200. The van der Waals surface area contributed by atoms with Gasteiger partial charge in [-0.15, -0.1) is 0 Å². The Morgan fingerprint density at radius 1 is 0.971 bits per heavy atom. The van der Waals surface area contributed by atoms with Gasteiger partial charge in [-0.05, 0) is 73.0 Å². The largest absolute Gasteiger partial charge is 0.507 e. The van der Waals surface area contributed by atoms with Crippen molar-refractivity contribution in [2.45, 2.75) is 13.8 Å². The minimum absolute atomic E-state index is 0.0867. The van der Waals surface area contributed by atoms with Crippen LogP contribution in [0.5, 0.6) is 11.6 Å². The highest BCUT2D eigenvalue weighted by atomic mass is 16.5. The maximum absolute atomic E-state index is 13.0. The number of rotatable bonds is 5. The molecular weight excluding hydrogens is 440 g/mol. The van der Waals surface area contributed by atoms with Crippen molar-refractivity contribution in [1.82, 2.24) is 15.0 Å². The number of anilines is 1. The number of aromatic nitrogens is 3. The van der Waals surface area contributed by atoms with Crippen molar-refractivity contribution in [3.8, 4) is 34.1 Å². The SMILES string of the molecule is COc1ncccc1-c1ccc(O)c(-c2nc3ccc(C(=O)Nc4c(C)cccc4C)cc3[nH]2)c1. The van der Waals surface area contributed by atoms with Gasteiger partial charge in [0.1, 0.15) is 11.6 Å². The number of aromatic amines is 1. The first-order valence-electron chi connectivity index (χ1n) is 11.1. The third kappa shape index (κ3) is 4.19. The van der Waals surface area contributed by atoms with Crippen molar-refractivity contribution in [2.24, 2.45) is 0 Å². The van der Waals surface area contributed by atoms with E-state index < -0.39 is 0 Å². The fourth-order valence-electron chi connectivity index (χ4n) is 4.14. The zero-order valence-corrected chi connectivity index (χ0v) is 19.6. The first-order chi connectivity index (χ1) is 16.9. The van der Waals surface area contributed by atoms with Crippen molar-refractivity contribution in [1.29, 1.82) is 0 Å².